The summed E-state index contributed by atoms with van der Waals surface area (Å²) in [6.07, 6.45) is -0.0878. The molecule has 1 rings (SSSR count). The summed E-state index contributed by atoms with van der Waals surface area (Å²) >= 11 is 0. The summed E-state index contributed by atoms with van der Waals surface area (Å²) in [7, 11) is 1.67. The number of rotatable bonds is 6. The number of aromatic amines is 1. The molecule has 0 aliphatic heterocycles. The highest BCUT2D eigenvalue weighted by Gasteiger charge is 2.22. The minimum atomic E-state index is -0.921. The average Bonchev–Trinajstić information content (AvgIpc) is 2.85. The Morgan fingerprint density at radius 3 is 2.43 bits per heavy atom. The topological polar surface area (TPSA) is 98.3 Å². The van der Waals surface area contributed by atoms with E-state index in [4.69, 9.17) is 5.11 Å². The van der Waals surface area contributed by atoms with E-state index in [1.807, 2.05) is 19.9 Å². The summed E-state index contributed by atoms with van der Waals surface area (Å²) in [4.78, 5) is 24.6. The monoisotopic (exact) mass is 324 g/mol. The van der Waals surface area contributed by atoms with Gasteiger partial charge in [-0.2, -0.15) is 5.10 Å². The molecule has 0 bridgehead atoms. The predicted molar refractivity (Wildman–Crippen MR) is 88.2 cm³/mol. The van der Waals surface area contributed by atoms with Crippen LogP contribution in [0.5, 0.6) is 0 Å². The Balaban J connectivity index is 2.66. The second-order valence-corrected chi connectivity index (χ2v) is 7.28. The second-order valence-electron chi connectivity index (χ2n) is 7.28. The minimum absolute atomic E-state index is 0.0445. The molecule has 130 valence electrons. The van der Waals surface area contributed by atoms with Crippen molar-refractivity contribution in [1.82, 2.24) is 20.4 Å². The minimum Gasteiger partial charge on any atom is -0.481 e. The Morgan fingerprint density at radius 1 is 1.39 bits per heavy atom. The summed E-state index contributed by atoms with van der Waals surface area (Å²) in [6, 6.07) is 1.26. The number of hydrogen-bond donors (Lipinski definition) is 3. The number of nitrogens with one attached hydrogen (secondary N) is 2. The fourth-order valence-corrected chi connectivity index (χ4v) is 2.06. The van der Waals surface area contributed by atoms with E-state index in [0.29, 0.717) is 6.54 Å². The number of H-pyrrole nitrogens is 1. The summed E-state index contributed by atoms with van der Waals surface area (Å²) in [5, 5.41) is 18.9. The van der Waals surface area contributed by atoms with Crippen LogP contribution in [0.4, 0.5) is 4.79 Å². The van der Waals surface area contributed by atoms with E-state index < -0.39 is 12.0 Å². The second kappa shape index (κ2) is 7.48. The number of nitrogens with zero attached hydrogens (tertiary/aromatic N) is 2. The van der Waals surface area contributed by atoms with Crippen LogP contribution in [-0.2, 0) is 16.8 Å². The molecule has 2 amide bonds. The number of carboxylic acids is 1. The van der Waals surface area contributed by atoms with Gasteiger partial charge >= 0.3 is 12.0 Å². The molecule has 1 heterocycles. The molecule has 1 atom stereocenters. The number of carboxylic acid groups (broad SMARTS) is 1. The molecule has 0 saturated heterocycles. The van der Waals surface area contributed by atoms with Crippen molar-refractivity contribution in [2.75, 3.05) is 7.05 Å². The standard InChI is InChI=1S/C16H28N4O3/c1-10(2)12(8-14(21)22)17-15(23)20(6)9-11-7-13(19-18-11)16(3,4)5/h7,10,12H,8-9H2,1-6H3,(H,17,23)(H,18,19)(H,21,22)/t12-/m0/s1. The molecular formula is C16H28N4O3. The number of carbonyl (C=O) groups excluding carboxylic acids is 1. The van der Waals surface area contributed by atoms with Gasteiger partial charge in [-0.05, 0) is 12.0 Å². The molecule has 0 saturated carbocycles. The van der Waals surface area contributed by atoms with Crippen molar-refractivity contribution in [3.63, 3.8) is 0 Å². The Labute approximate surface area is 137 Å². The molecular weight excluding hydrogens is 296 g/mol. The highest BCUT2D eigenvalue weighted by molar-refractivity contribution is 5.75. The number of aromatic nitrogens is 2. The zero-order chi connectivity index (χ0) is 17.8. The Bertz CT molecular complexity index is 546. The average molecular weight is 324 g/mol. The van der Waals surface area contributed by atoms with Gasteiger partial charge < -0.3 is 15.3 Å². The van der Waals surface area contributed by atoms with Gasteiger partial charge in [-0.1, -0.05) is 34.6 Å². The maximum Gasteiger partial charge on any atom is 0.317 e. The van der Waals surface area contributed by atoms with Crippen LogP contribution in [0, 0.1) is 5.92 Å². The summed E-state index contributed by atoms with van der Waals surface area (Å²) in [5.74, 6) is -0.877. The molecule has 7 nitrogen and oxygen atoms in total. The first-order valence-corrected chi connectivity index (χ1v) is 7.79. The van der Waals surface area contributed by atoms with Gasteiger partial charge in [-0.25, -0.2) is 4.79 Å². The molecule has 0 aliphatic rings. The van der Waals surface area contributed by atoms with Crippen LogP contribution in [0.3, 0.4) is 0 Å². The zero-order valence-electron chi connectivity index (χ0n) is 14.8. The highest BCUT2D eigenvalue weighted by Crippen LogP contribution is 2.20. The van der Waals surface area contributed by atoms with Crippen molar-refractivity contribution in [2.24, 2.45) is 5.92 Å². The molecule has 0 aromatic carbocycles. The van der Waals surface area contributed by atoms with Gasteiger partial charge in [0, 0.05) is 18.5 Å². The number of hydrogen-bond acceptors (Lipinski definition) is 3. The van der Waals surface area contributed by atoms with Crippen LogP contribution >= 0.6 is 0 Å². The van der Waals surface area contributed by atoms with Gasteiger partial charge in [0.15, 0.2) is 0 Å². The number of amides is 2. The van der Waals surface area contributed by atoms with E-state index in [1.165, 1.54) is 4.90 Å². The third-order valence-corrected chi connectivity index (χ3v) is 3.66. The third kappa shape index (κ3) is 5.92. The lowest BCUT2D eigenvalue weighted by Crippen LogP contribution is -2.45. The Hall–Kier alpha value is -2.05. The van der Waals surface area contributed by atoms with Crippen LogP contribution in [0.15, 0.2) is 6.07 Å². The van der Waals surface area contributed by atoms with Gasteiger partial charge in [0.2, 0.25) is 0 Å². The van der Waals surface area contributed by atoms with Crippen LogP contribution < -0.4 is 5.32 Å². The van der Waals surface area contributed by atoms with Gasteiger partial charge in [-0.3, -0.25) is 9.89 Å². The van der Waals surface area contributed by atoms with E-state index in [0.717, 1.165) is 11.4 Å². The van der Waals surface area contributed by atoms with Crippen LogP contribution in [-0.4, -0.2) is 45.3 Å². The van der Waals surface area contributed by atoms with Gasteiger partial charge in [0.05, 0.1) is 24.4 Å². The van der Waals surface area contributed by atoms with Gasteiger partial charge in [-0.15, -0.1) is 0 Å². The highest BCUT2D eigenvalue weighted by atomic mass is 16.4. The molecule has 0 radical (unpaired) electrons. The van der Waals surface area contributed by atoms with Crippen molar-refractivity contribution in [1.29, 1.82) is 0 Å². The summed E-state index contributed by atoms with van der Waals surface area (Å²) < 4.78 is 0. The van der Waals surface area contributed by atoms with Crippen LogP contribution in [0.25, 0.3) is 0 Å². The molecule has 0 aliphatic carbocycles. The van der Waals surface area contributed by atoms with E-state index in [-0.39, 0.29) is 23.8 Å². The molecule has 3 N–H and O–H groups in total. The number of aliphatic carboxylic acids is 1. The lowest BCUT2D eigenvalue weighted by Gasteiger charge is -2.24. The number of urea groups is 1. The normalized spacial score (nSPS) is 13.0. The predicted octanol–water partition coefficient (Wildman–Crippen LogP) is 2.35. The smallest absolute Gasteiger partial charge is 0.317 e. The Kier molecular flexibility index (Phi) is 6.18. The summed E-state index contributed by atoms with van der Waals surface area (Å²) in [5.41, 5.74) is 1.72. The van der Waals surface area contributed by atoms with Crippen molar-refractivity contribution >= 4 is 12.0 Å². The molecule has 0 fully saturated rings. The molecule has 23 heavy (non-hydrogen) atoms. The fourth-order valence-electron chi connectivity index (χ4n) is 2.06. The molecule has 0 spiro atoms. The van der Waals surface area contributed by atoms with Crippen LogP contribution in [0.1, 0.15) is 52.4 Å². The molecule has 7 heteroatoms. The van der Waals surface area contributed by atoms with Gasteiger partial charge in [0.25, 0.3) is 0 Å². The molecule has 0 unspecified atom stereocenters. The molecule has 1 aromatic rings. The van der Waals surface area contributed by atoms with Crippen LogP contribution in [0.2, 0.25) is 0 Å². The largest absolute Gasteiger partial charge is 0.481 e. The Morgan fingerprint density at radius 2 is 2.00 bits per heavy atom. The number of carbonyl (C=O) groups is 2. The van der Waals surface area contributed by atoms with Crippen molar-refractivity contribution < 1.29 is 14.7 Å². The first kappa shape index (κ1) is 19.0. The fraction of sp³-hybridized carbons (Fsp3) is 0.688. The van der Waals surface area contributed by atoms with E-state index in [9.17, 15) is 9.59 Å². The van der Waals surface area contributed by atoms with E-state index in [2.05, 4.69) is 36.3 Å². The summed E-state index contributed by atoms with van der Waals surface area (Å²) in [6.45, 7) is 10.4. The van der Waals surface area contributed by atoms with Crippen molar-refractivity contribution in [2.45, 2.75) is 59.0 Å². The maximum atomic E-state index is 12.2. The lowest BCUT2D eigenvalue weighted by molar-refractivity contribution is -0.137. The van der Waals surface area contributed by atoms with Crippen molar-refractivity contribution in [3.8, 4) is 0 Å². The SMILES string of the molecule is CC(C)[C@H](CC(=O)O)NC(=O)N(C)Cc1cc(C(C)(C)C)n[nH]1. The quantitative estimate of drug-likeness (QED) is 0.748. The van der Waals surface area contributed by atoms with Gasteiger partial charge in [0.1, 0.15) is 0 Å². The molecule has 1 aromatic heterocycles. The zero-order valence-corrected chi connectivity index (χ0v) is 14.8. The van der Waals surface area contributed by atoms with Crippen molar-refractivity contribution in [3.05, 3.63) is 17.5 Å². The maximum absolute atomic E-state index is 12.2. The van der Waals surface area contributed by atoms with E-state index >= 15 is 0 Å². The van der Waals surface area contributed by atoms with E-state index in [1.54, 1.807) is 7.05 Å². The first-order valence-electron chi connectivity index (χ1n) is 7.79. The first-order chi connectivity index (χ1) is 10.5. The third-order valence-electron chi connectivity index (χ3n) is 3.66. The lowest BCUT2D eigenvalue weighted by atomic mass is 9.92.